The molecule has 2 nitrogen and oxygen atoms in total. The maximum atomic E-state index is 13.3. The zero-order valence-corrected chi connectivity index (χ0v) is 13.8. The van der Waals surface area contributed by atoms with E-state index in [-0.39, 0.29) is 23.7 Å². The Morgan fingerprint density at radius 3 is 2.20 bits per heavy atom. The Labute approximate surface area is 123 Å². The van der Waals surface area contributed by atoms with Crippen LogP contribution in [0.25, 0.3) is 0 Å². The van der Waals surface area contributed by atoms with Crippen LogP contribution < -0.4 is 4.90 Å². The molecule has 1 unspecified atom stereocenters. The third kappa shape index (κ3) is 4.62. The summed E-state index contributed by atoms with van der Waals surface area (Å²) >= 11 is 0. The van der Waals surface area contributed by atoms with E-state index in [4.69, 9.17) is 0 Å². The summed E-state index contributed by atoms with van der Waals surface area (Å²) in [7, 11) is 0. The summed E-state index contributed by atoms with van der Waals surface area (Å²) in [6.45, 7) is 13.5. The number of carbonyl (C=O) groups excluding carboxylic acids is 1. The molecule has 0 aliphatic heterocycles. The molecule has 0 spiro atoms. The van der Waals surface area contributed by atoms with Crippen molar-refractivity contribution in [2.75, 3.05) is 4.90 Å². The summed E-state index contributed by atoms with van der Waals surface area (Å²) in [5.41, 5.74) is 1.35. The molecule has 0 aliphatic rings. The van der Waals surface area contributed by atoms with E-state index >= 15 is 0 Å². The maximum Gasteiger partial charge on any atom is 0.229 e. The Morgan fingerprint density at radius 2 is 1.80 bits per heavy atom. The number of aryl methyl sites for hydroxylation is 1. The summed E-state index contributed by atoms with van der Waals surface area (Å²) < 4.78 is 13.3. The molecule has 0 fully saturated rings. The molecule has 1 atom stereocenters. The first-order valence-corrected chi connectivity index (χ1v) is 7.47. The fourth-order valence-corrected chi connectivity index (χ4v) is 1.84. The molecule has 20 heavy (non-hydrogen) atoms. The van der Waals surface area contributed by atoms with E-state index in [1.54, 1.807) is 24.0 Å². The highest BCUT2D eigenvalue weighted by Crippen LogP contribution is 2.23. The largest absolute Gasteiger partial charge is 0.309 e. The first-order chi connectivity index (χ1) is 9.38. The van der Waals surface area contributed by atoms with E-state index in [1.807, 2.05) is 41.5 Å². The molecular formula is C17H28FNO. The van der Waals surface area contributed by atoms with E-state index < -0.39 is 0 Å². The summed E-state index contributed by atoms with van der Waals surface area (Å²) in [4.78, 5) is 14.0. The molecule has 1 aromatic rings. The predicted molar refractivity (Wildman–Crippen MR) is 84.6 cm³/mol. The molecule has 0 saturated carbocycles. The quantitative estimate of drug-likeness (QED) is 0.765. The molecule has 0 heterocycles. The number of hydrogen-bond donors (Lipinski definition) is 0. The van der Waals surface area contributed by atoms with Crippen molar-refractivity contribution in [2.24, 2.45) is 5.92 Å². The highest BCUT2D eigenvalue weighted by molar-refractivity contribution is 5.95. The van der Waals surface area contributed by atoms with Gasteiger partial charge in [0.05, 0.1) is 0 Å². The maximum absolute atomic E-state index is 13.3. The summed E-state index contributed by atoms with van der Waals surface area (Å²) in [6, 6.07) is 4.95. The number of halogens is 1. The van der Waals surface area contributed by atoms with E-state index in [2.05, 4.69) is 0 Å². The van der Waals surface area contributed by atoms with Gasteiger partial charge in [0.25, 0.3) is 0 Å². The molecule has 1 aromatic carbocycles. The minimum Gasteiger partial charge on any atom is -0.309 e. The number of benzene rings is 1. The van der Waals surface area contributed by atoms with Crippen molar-refractivity contribution in [3.05, 3.63) is 29.6 Å². The zero-order chi connectivity index (χ0) is 15.9. The number of carbonyl (C=O) groups is 1. The SMILES string of the molecule is CC.CCC(C)N(C(=O)C(C)C)c1ccc(F)c(C)c1. The van der Waals surface area contributed by atoms with Crippen LogP contribution in [0.15, 0.2) is 18.2 Å². The third-order valence-corrected chi connectivity index (χ3v) is 3.18. The molecular weight excluding hydrogens is 253 g/mol. The predicted octanol–water partition coefficient (Wildman–Crippen LogP) is 4.95. The van der Waals surface area contributed by atoms with E-state index in [0.29, 0.717) is 5.56 Å². The van der Waals surface area contributed by atoms with E-state index in [9.17, 15) is 9.18 Å². The van der Waals surface area contributed by atoms with Crippen LogP contribution in [0, 0.1) is 18.7 Å². The molecule has 1 amide bonds. The number of rotatable bonds is 4. The standard InChI is InChI=1S/C15H22FNO.C2H6/c1-6-12(5)17(15(18)10(2)3)13-7-8-14(16)11(4)9-13;1-2/h7-10,12H,6H2,1-5H3;1-2H3. The van der Waals surface area contributed by atoms with Gasteiger partial charge in [-0.1, -0.05) is 34.6 Å². The van der Waals surface area contributed by atoms with Gasteiger partial charge in [0.2, 0.25) is 5.91 Å². The van der Waals surface area contributed by atoms with Crippen molar-refractivity contribution in [3.63, 3.8) is 0 Å². The fourth-order valence-electron chi connectivity index (χ4n) is 1.84. The van der Waals surface area contributed by atoms with Crippen molar-refractivity contribution in [2.45, 2.75) is 60.9 Å². The smallest absolute Gasteiger partial charge is 0.229 e. The fraction of sp³-hybridized carbons (Fsp3) is 0.588. The molecule has 0 aromatic heterocycles. The highest BCUT2D eigenvalue weighted by atomic mass is 19.1. The minimum absolute atomic E-state index is 0.0654. The normalized spacial score (nSPS) is 11.7. The number of anilines is 1. The van der Waals surface area contributed by atoms with Crippen LogP contribution in [0.4, 0.5) is 10.1 Å². The van der Waals surface area contributed by atoms with Gasteiger partial charge in [-0.25, -0.2) is 4.39 Å². The topological polar surface area (TPSA) is 20.3 Å². The van der Waals surface area contributed by atoms with Crippen LogP contribution in [0.3, 0.4) is 0 Å². The second-order valence-corrected chi connectivity index (χ2v) is 5.05. The monoisotopic (exact) mass is 281 g/mol. The van der Waals surface area contributed by atoms with Crippen molar-refractivity contribution < 1.29 is 9.18 Å². The van der Waals surface area contributed by atoms with Gasteiger partial charge >= 0.3 is 0 Å². The van der Waals surface area contributed by atoms with Gasteiger partial charge in [0, 0.05) is 17.6 Å². The van der Waals surface area contributed by atoms with Crippen LogP contribution in [-0.4, -0.2) is 11.9 Å². The van der Waals surface area contributed by atoms with Gasteiger partial charge < -0.3 is 4.90 Å². The average molecular weight is 281 g/mol. The lowest BCUT2D eigenvalue weighted by Gasteiger charge is -2.30. The van der Waals surface area contributed by atoms with Gasteiger partial charge in [0.15, 0.2) is 0 Å². The second-order valence-electron chi connectivity index (χ2n) is 5.05. The van der Waals surface area contributed by atoms with Crippen LogP contribution >= 0.6 is 0 Å². The van der Waals surface area contributed by atoms with Crippen molar-refractivity contribution in [1.82, 2.24) is 0 Å². The molecule has 0 bridgehead atoms. The van der Waals surface area contributed by atoms with Crippen molar-refractivity contribution in [3.8, 4) is 0 Å². The number of amides is 1. The number of nitrogens with zero attached hydrogens (tertiary/aromatic N) is 1. The highest BCUT2D eigenvalue weighted by Gasteiger charge is 2.23. The summed E-state index contributed by atoms with van der Waals surface area (Å²) in [5, 5.41) is 0. The van der Waals surface area contributed by atoms with Crippen molar-refractivity contribution in [1.29, 1.82) is 0 Å². The van der Waals surface area contributed by atoms with Gasteiger partial charge in [-0.15, -0.1) is 0 Å². The minimum atomic E-state index is -0.236. The van der Waals surface area contributed by atoms with Gasteiger partial charge in [-0.05, 0) is 44.0 Å². The lowest BCUT2D eigenvalue weighted by Crippen LogP contribution is -2.41. The lowest BCUT2D eigenvalue weighted by molar-refractivity contribution is -0.121. The molecule has 3 heteroatoms. The Morgan fingerprint density at radius 1 is 1.25 bits per heavy atom. The molecule has 0 aliphatic carbocycles. The molecule has 114 valence electrons. The van der Waals surface area contributed by atoms with Gasteiger partial charge in [0.1, 0.15) is 5.82 Å². The molecule has 0 N–H and O–H groups in total. The molecule has 0 radical (unpaired) electrons. The van der Waals surface area contributed by atoms with Crippen LogP contribution in [0.5, 0.6) is 0 Å². The molecule has 0 saturated heterocycles. The second kappa shape index (κ2) is 8.72. The summed E-state index contributed by atoms with van der Waals surface area (Å²) in [5.74, 6) is -0.223. The zero-order valence-electron chi connectivity index (χ0n) is 13.8. The van der Waals surface area contributed by atoms with Crippen LogP contribution in [0.2, 0.25) is 0 Å². The Kier molecular flexibility index (Phi) is 8.12. The first kappa shape index (κ1) is 18.6. The Hall–Kier alpha value is -1.38. The lowest BCUT2D eigenvalue weighted by atomic mass is 10.1. The van der Waals surface area contributed by atoms with Gasteiger partial charge in [-0.2, -0.15) is 0 Å². The van der Waals surface area contributed by atoms with Gasteiger partial charge in [-0.3, -0.25) is 4.79 Å². The van der Waals surface area contributed by atoms with Crippen LogP contribution in [-0.2, 0) is 4.79 Å². The third-order valence-electron chi connectivity index (χ3n) is 3.18. The summed E-state index contributed by atoms with van der Waals surface area (Å²) in [6.07, 6.45) is 0.870. The number of hydrogen-bond acceptors (Lipinski definition) is 1. The molecule has 1 rings (SSSR count). The Bertz CT molecular complexity index is 429. The average Bonchev–Trinajstić information content (AvgIpc) is 2.44. The Balaban J connectivity index is 0.00000172. The van der Waals surface area contributed by atoms with E-state index in [0.717, 1.165) is 12.1 Å². The van der Waals surface area contributed by atoms with Crippen molar-refractivity contribution >= 4 is 11.6 Å². The van der Waals surface area contributed by atoms with Crippen LogP contribution in [0.1, 0.15) is 53.5 Å². The first-order valence-electron chi connectivity index (χ1n) is 7.47. The van der Waals surface area contributed by atoms with E-state index in [1.165, 1.54) is 6.07 Å².